The van der Waals surface area contributed by atoms with Gasteiger partial charge in [0.25, 0.3) is 5.91 Å². The van der Waals surface area contributed by atoms with Crippen molar-refractivity contribution < 1.29 is 18.8 Å². The number of hydrogen-bond acceptors (Lipinski definition) is 4. The Kier molecular flexibility index (Phi) is 5.47. The fourth-order valence-electron chi connectivity index (χ4n) is 6.75. The van der Waals surface area contributed by atoms with Crippen LogP contribution >= 0.6 is 11.6 Å². The van der Waals surface area contributed by atoms with Crippen molar-refractivity contribution in [2.45, 2.75) is 11.3 Å². The van der Waals surface area contributed by atoms with Gasteiger partial charge in [-0.2, -0.15) is 5.10 Å². The van der Waals surface area contributed by atoms with Crippen molar-refractivity contribution >= 4 is 41.2 Å². The van der Waals surface area contributed by atoms with Crippen LogP contribution in [0.2, 0.25) is 5.02 Å². The number of imide groups is 1. The predicted octanol–water partition coefficient (Wildman–Crippen LogP) is 5.45. The predicted molar refractivity (Wildman–Crippen MR) is 149 cm³/mol. The maximum atomic E-state index is 14.3. The summed E-state index contributed by atoms with van der Waals surface area (Å²) in [5.74, 6) is -3.45. The number of nitrogens with zero attached hydrogens (tertiary/aromatic N) is 2. The number of hydrogen-bond donors (Lipinski definition) is 1. The Bertz CT molecular complexity index is 1690. The molecule has 0 saturated carbocycles. The van der Waals surface area contributed by atoms with Gasteiger partial charge in [-0.1, -0.05) is 60.1 Å². The van der Waals surface area contributed by atoms with Crippen molar-refractivity contribution in [1.29, 1.82) is 0 Å². The standard InChI is InChI=1S/C32H21ClFN3O3/c33-19-11-9-18(10-12-19)29(38)36-35-17-32-24-7-3-1-5-22(24)26(23-6-2-4-8-25(23)32)27-28(32)31(40)37(30(27)39)21-15-13-20(34)14-16-21/h1-17,26-28H,(H,36,38)/b35-17-/t26?,27-,28+,32?/m0/s1. The normalized spacial score (nSPS) is 24.1. The van der Waals surface area contributed by atoms with Crippen LogP contribution in [0.3, 0.4) is 0 Å². The summed E-state index contributed by atoms with van der Waals surface area (Å²) in [5, 5.41) is 4.91. The molecule has 0 aromatic heterocycles. The van der Waals surface area contributed by atoms with E-state index in [2.05, 4.69) is 10.5 Å². The van der Waals surface area contributed by atoms with Gasteiger partial charge in [-0.05, 0) is 70.8 Å². The van der Waals surface area contributed by atoms with E-state index in [4.69, 9.17) is 11.6 Å². The van der Waals surface area contributed by atoms with Crippen LogP contribution in [0.4, 0.5) is 10.1 Å². The number of rotatable bonds is 4. The lowest BCUT2D eigenvalue weighted by molar-refractivity contribution is -0.122. The number of amides is 3. The second kappa shape index (κ2) is 8.96. The summed E-state index contributed by atoms with van der Waals surface area (Å²) in [6, 6.07) is 27.3. The number of benzene rings is 4. The lowest BCUT2D eigenvalue weighted by Crippen LogP contribution is -2.54. The van der Waals surface area contributed by atoms with Gasteiger partial charge in [0.2, 0.25) is 11.8 Å². The Labute approximate surface area is 234 Å². The van der Waals surface area contributed by atoms with Gasteiger partial charge in [-0.3, -0.25) is 14.4 Å². The zero-order chi connectivity index (χ0) is 27.6. The number of hydrazone groups is 1. The smallest absolute Gasteiger partial charge is 0.271 e. The number of anilines is 1. The molecular formula is C32H21ClFN3O3. The van der Waals surface area contributed by atoms with Gasteiger partial charge in [0.05, 0.1) is 22.9 Å². The molecule has 1 fully saturated rings. The maximum absolute atomic E-state index is 14.3. The van der Waals surface area contributed by atoms with Crippen molar-refractivity contribution in [2.24, 2.45) is 16.9 Å². The summed E-state index contributed by atoms with van der Waals surface area (Å²) in [7, 11) is 0. The van der Waals surface area contributed by atoms with Crippen molar-refractivity contribution in [3.63, 3.8) is 0 Å². The highest BCUT2D eigenvalue weighted by molar-refractivity contribution is 6.30. The quantitative estimate of drug-likeness (QED) is 0.209. The fraction of sp³-hybridized carbons (Fsp3) is 0.125. The van der Waals surface area contributed by atoms with Crippen molar-refractivity contribution in [3.8, 4) is 0 Å². The zero-order valence-corrected chi connectivity index (χ0v) is 21.7. The lowest BCUT2D eigenvalue weighted by Gasteiger charge is -2.52. The summed E-state index contributed by atoms with van der Waals surface area (Å²) >= 11 is 5.96. The van der Waals surface area contributed by atoms with E-state index in [1.54, 1.807) is 30.5 Å². The minimum Gasteiger partial charge on any atom is -0.274 e. The van der Waals surface area contributed by atoms with Crippen LogP contribution in [0.25, 0.3) is 0 Å². The molecule has 4 aromatic rings. The first-order valence-corrected chi connectivity index (χ1v) is 13.2. The minimum absolute atomic E-state index is 0.321. The first-order valence-electron chi connectivity index (χ1n) is 12.8. The highest BCUT2D eigenvalue weighted by Crippen LogP contribution is 2.63. The molecule has 1 aliphatic heterocycles. The van der Waals surface area contributed by atoms with E-state index >= 15 is 0 Å². The molecule has 4 aromatic carbocycles. The summed E-state index contributed by atoms with van der Waals surface area (Å²) in [4.78, 5) is 42.4. The maximum Gasteiger partial charge on any atom is 0.271 e. The van der Waals surface area contributed by atoms with E-state index < -0.39 is 29.0 Å². The van der Waals surface area contributed by atoms with Crippen molar-refractivity contribution in [3.05, 3.63) is 136 Å². The van der Waals surface area contributed by atoms with Gasteiger partial charge in [0.15, 0.2) is 0 Å². The molecule has 6 nitrogen and oxygen atoms in total. The molecule has 196 valence electrons. The van der Waals surface area contributed by atoms with E-state index in [-0.39, 0.29) is 17.7 Å². The highest BCUT2D eigenvalue weighted by Gasteiger charge is 2.68. The Morgan fingerprint density at radius 1 is 0.850 bits per heavy atom. The molecule has 0 unspecified atom stereocenters. The van der Waals surface area contributed by atoms with Crippen LogP contribution in [-0.4, -0.2) is 23.9 Å². The molecule has 0 spiro atoms. The fourth-order valence-corrected chi connectivity index (χ4v) is 6.88. The number of carbonyl (C=O) groups excluding carboxylic acids is 3. The summed E-state index contributed by atoms with van der Waals surface area (Å²) in [6.45, 7) is 0. The molecule has 2 atom stereocenters. The summed E-state index contributed by atoms with van der Waals surface area (Å²) < 4.78 is 13.7. The second-order valence-corrected chi connectivity index (χ2v) is 10.7. The SMILES string of the molecule is O=C(N/N=C\C12c3ccccc3C(c3ccccc31)[C@@H]1C(=O)N(c3ccc(F)cc3)C(=O)[C@@H]12)c1ccc(Cl)cc1. The van der Waals surface area contributed by atoms with Crippen molar-refractivity contribution in [2.75, 3.05) is 4.90 Å². The van der Waals surface area contributed by atoms with Crippen LogP contribution in [0, 0.1) is 17.7 Å². The molecule has 4 aliphatic rings. The number of halogens is 2. The largest absolute Gasteiger partial charge is 0.274 e. The van der Waals surface area contributed by atoms with Gasteiger partial charge < -0.3 is 0 Å². The first-order chi connectivity index (χ1) is 19.4. The molecule has 8 rings (SSSR count). The zero-order valence-electron chi connectivity index (χ0n) is 20.9. The Morgan fingerprint density at radius 2 is 1.45 bits per heavy atom. The molecule has 0 radical (unpaired) electrons. The monoisotopic (exact) mass is 549 g/mol. The topological polar surface area (TPSA) is 78.8 Å². The van der Waals surface area contributed by atoms with Gasteiger partial charge in [0.1, 0.15) is 5.82 Å². The van der Waals surface area contributed by atoms with E-state index in [9.17, 15) is 18.8 Å². The van der Waals surface area contributed by atoms with Gasteiger partial charge >= 0.3 is 0 Å². The number of carbonyl (C=O) groups is 3. The van der Waals surface area contributed by atoms with Crippen LogP contribution in [0.15, 0.2) is 102 Å². The molecule has 1 heterocycles. The Balaban J connectivity index is 1.39. The van der Waals surface area contributed by atoms with Gasteiger partial charge in [-0.25, -0.2) is 14.7 Å². The average molecular weight is 550 g/mol. The van der Waals surface area contributed by atoms with E-state index in [1.165, 1.54) is 29.2 Å². The van der Waals surface area contributed by atoms with Crippen LogP contribution in [-0.2, 0) is 15.0 Å². The Morgan fingerprint density at radius 3 is 2.08 bits per heavy atom. The molecule has 3 aliphatic carbocycles. The van der Waals surface area contributed by atoms with E-state index in [0.29, 0.717) is 16.3 Å². The third-order valence-corrected chi connectivity index (χ3v) is 8.56. The molecule has 40 heavy (non-hydrogen) atoms. The van der Waals surface area contributed by atoms with Crippen molar-refractivity contribution in [1.82, 2.24) is 5.43 Å². The third kappa shape index (κ3) is 3.34. The van der Waals surface area contributed by atoms with E-state index in [0.717, 1.165) is 22.3 Å². The third-order valence-electron chi connectivity index (χ3n) is 8.31. The van der Waals surface area contributed by atoms with Gasteiger partial charge in [0, 0.05) is 22.7 Å². The van der Waals surface area contributed by atoms with E-state index in [1.807, 2.05) is 48.5 Å². The molecule has 3 amide bonds. The molecule has 8 heteroatoms. The molecule has 1 saturated heterocycles. The summed E-state index contributed by atoms with van der Waals surface area (Å²) in [6.07, 6.45) is 1.60. The molecule has 2 bridgehead atoms. The number of nitrogens with one attached hydrogen (secondary N) is 1. The van der Waals surface area contributed by atoms with Crippen LogP contribution < -0.4 is 10.3 Å². The minimum atomic E-state index is -1.12. The van der Waals surface area contributed by atoms with Crippen LogP contribution in [0.5, 0.6) is 0 Å². The average Bonchev–Trinajstić information content (AvgIpc) is 3.24. The van der Waals surface area contributed by atoms with Crippen LogP contribution in [0.1, 0.15) is 38.5 Å². The highest BCUT2D eigenvalue weighted by atomic mass is 35.5. The Hall–Kier alpha value is -4.62. The molecule has 1 N–H and O–H groups in total. The summed E-state index contributed by atoms with van der Waals surface area (Å²) in [5.41, 5.74) is 5.79. The molecular weight excluding hydrogens is 529 g/mol. The van der Waals surface area contributed by atoms with Gasteiger partial charge in [-0.15, -0.1) is 0 Å². The first kappa shape index (κ1) is 24.4. The second-order valence-electron chi connectivity index (χ2n) is 10.2. The lowest BCUT2D eigenvalue weighted by atomic mass is 9.47.